The zero-order valence-corrected chi connectivity index (χ0v) is 15.3. The number of hydrogen-bond donors (Lipinski definition) is 2. The number of imidazole rings is 1. The van der Waals surface area contributed by atoms with Crippen LogP contribution in [-0.4, -0.2) is 39.0 Å². The zero-order chi connectivity index (χ0) is 16.2. The molecule has 2 rings (SSSR count). The molecule has 1 aromatic heterocycles. The Bertz CT molecular complexity index is 598. The largest absolute Gasteiger partial charge is 0.489 e. The van der Waals surface area contributed by atoms with Crippen molar-refractivity contribution >= 4 is 20.8 Å². The zero-order valence-electron chi connectivity index (χ0n) is 13.9. The van der Waals surface area contributed by atoms with Crippen LogP contribution in [0.25, 0.3) is 11.0 Å². The van der Waals surface area contributed by atoms with Gasteiger partial charge in [-0.05, 0) is 23.1 Å². The summed E-state index contributed by atoms with van der Waals surface area (Å²) in [6.07, 6.45) is 1.62. The third-order valence-electron chi connectivity index (χ3n) is 4.35. The number of rotatable bonds is 8. The van der Waals surface area contributed by atoms with Gasteiger partial charge in [0.2, 0.25) is 0 Å². The second-order valence-corrected chi connectivity index (χ2v) is 9.12. The van der Waals surface area contributed by atoms with Gasteiger partial charge < -0.3 is 19.9 Å². The Morgan fingerprint density at radius 1 is 1.36 bits per heavy atom. The van der Waals surface area contributed by atoms with Crippen LogP contribution in [0.4, 0.5) is 0 Å². The summed E-state index contributed by atoms with van der Waals surface area (Å²) in [5.41, 5.74) is 7.65. The number of hydrogen-bond acceptors (Lipinski definition) is 4. The number of nitrogens with two attached hydrogens (primary N) is 1. The summed E-state index contributed by atoms with van der Waals surface area (Å²) in [6.45, 7) is 9.94. The van der Waals surface area contributed by atoms with Crippen molar-refractivity contribution in [2.45, 2.75) is 38.8 Å². The molecule has 0 amide bonds. The number of ether oxygens (including phenoxy) is 1. The van der Waals surface area contributed by atoms with Crippen LogP contribution in [-0.2, 0) is 4.43 Å². The smallest absolute Gasteiger partial charge is 0.168 e. The van der Waals surface area contributed by atoms with E-state index in [1.54, 1.807) is 6.33 Å². The number of nitrogens with zero attached hydrogens (tertiary/aromatic N) is 1. The van der Waals surface area contributed by atoms with Crippen LogP contribution >= 0.6 is 0 Å². The lowest BCUT2D eigenvalue weighted by Crippen LogP contribution is -2.35. The highest BCUT2D eigenvalue weighted by molar-refractivity contribution is 6.32. The van der Waals surface area contributed by atoms with Crippen molar-refractivity contribution in [1.29, 1.82) is 0 Å². The van der Waals surface area contributed by atoms with Gasteiger partial charge in [0.25, 0.3) is 0 Å². The van der Waals surface area contributed by atoms with Gasteiger partial charge in [0.1, 0.15) is 17.9 Å². The molecular weight excluding hydrogens is 294 g/mol. The molecule has 3 N–H and O–H groups in total. The van der Waals surface area contributed by atoms with Gasteiger partial charge >= 0.3 is 0 Å². The van der Waals surface area contributed by atoms with Gasteiger partial charge in [-0.25, -0.2) is 4.98 Å². The normalized spacial score (nSPS) is 14.3. The molecule has 0 aliphatic heterocycles. The minimum atomic E-state index is -0.679. The van der Waals surface area contributed by atoms with Crippen molar-refractivity contribution in [3.05, 3.63) is 24.5 Å². The highest BCUT2D eigenvalue weighted by atomic mass is 28.2. The second-order valence-electron chi connectivity index (χ2n) is 6.68. The summed E-state index contributed by atoms with van der Waals surface area (Å²) in [4.78, 5) is 7.37. The van der Waals surface area contributed by atoms with Crippen molar-refractivity contribution in [1.82, 2.24) is 9.97 Å². The van der Waals surface area contributed by atoms with Gasteiger partial charge in [0.05, 0.1) is 17.9 Å². The summed E-state index contributed by atoms with van der Waals surface area (Å²) in [5, 5.41) is 0.260. The number of aromatic nitrogens is 2. The van der Waals surface area contributed by atoms with Gasteiger partial charge in [-0.3, -0.25) is 0 Å². The molecule has 0 fully saturated rings. The molecule has 22 heavy (non-hydrogen) atoms. The molecule has 0 aliphatic rings. The fourth-order valence-electron chi connectivity index (χ4n) is 1.92. The first-order valence-electron chi connectivity index (χ1n) is 7.80. The van der Waals surface area contributed by atoms with E-state index in [1.807, 2.05) is 18.2 Å². The Morgan fingerprint density at radius 2 is 2.14 bits per heavy atom. The van der Waals surface area contributed by atoms with Crippen LogP contribution in [0.2, 0.25) is 5.04 Å². The van der Waals surface area contributed by atoms with E-state index in [1.165, 1.54) is 0 Å². The predicted molar refractivity (Wildman–Crippen MR) is 92.9 cm³/mol. The average Bonchev–Trinajstić information content (AvgIpc) is 2.96. The van der Waals surface area contributed by atoms with Crippen molar-refractivity contribution in [3.8, 4) is 5.75 Å². The van der Waals surface area contributed by atoms with Gasteiger partial charge in [-0.15, -0.1) is 0 Å². The molecule has 1 aromatic carbocycles. The first kappa shape index (κ1) is 17.0. The summed E-state index contributed by atoms with van der Waals surface area (Å²) in [5.74, 6) is 1.38. The van der Waals surface area contributed by atoms with Crippen LogP contribution in [0.1, 0.15) is 27.7 Å². The van der Waals surface area contributed by atoms with E-state index >= 15 is 0 Å². The minimum Gasteiger partial charge on any atom is -0.489 e. The second kappa shape index (κ2) is 7.26. The van der Waals surface area contributed by atoms with Gasteiger partial charge in [-0.1, -0.05) is 33.8 Å². The first-order chi connectivity index (χ1) is 10.4. The topological polar surface area (TPSA) is 73.2 Å². The van der Waals surface area contributed by atoms with Gasteiger partial charge in [0, 0.05) is 6.54 Å². The minimum absolute atomic E-state index is 0.0566. The fourth-order valence-corrected chi connectivity index (χ4v) is 3.15. The molecule has 122 valence electrons. The molecule has 1 atom stereocenters. The predicted octanol–water partition coefficient (Wildman–Crippen LogP) is 2.22. The van der Waals surface area contributed by atoms with E-state index in [-0.39, 0.29) is 11.1 Å². The maximum absolute atomic E-state index is 6.09. The molecule has 1 heterocycles. The van der Waals surface area contributed by atoms with Crippen molar-refractivity contribution in [3.63, 3.8) is 0 Å². The van der Waals surface area contributed by atoms with Gasteiger partial charge in [0.15, 0.2) is 9.76 Å². The van der Waals surface area contributed by atoms with Gasteiger partial charge in [-0.2, -0.15) is 0 Å². The number of fused-ring (bicyclic) bond motifs is 1. The highest BCUT2D eigenvalue weighted by Gasteiger charge is 2.25. The molecule has 0 bridgehead atoms. The highest BCUT2D eigenvalue weighted by Crippen LogP contribution is 2.33. The fraction of sp³-hybridized carbons (Fsp3) is 0.562. The number of H-pyrrole nitrogens is 1. The third-order valence-corrected chi connectivity index (χ3v) is 6.55. The number of aromatic amines is 1. The van der Waals surface area contributed by atoms with Crippen molar-refractivity contribution in [2.24, 2.45) is 11.7 Å². The van der Waals surface area contributed by atoms with E-state index in [4.69, 9.17) is 14.9 Å². The molecule has 6 heteroatoms. The molecule has 2 aromatic rings. The molecule has 0 unspecified atom stereocenters. The molecular formula is C16H27N3O2Si. The van der Waals surface area contributed by atoms with Crippen LogP contribution in [0.5, 0.6) is 5.75 Å². The monoisotopic (exact) mass is 321 g/mol. The molecule has 5 nitrogen and oxygen atoms in total. The Balaban J connectivity index is 1.92. The SMILES string of the molecule is CC(C)C(C)(C)[SiH2]O[C@@H](CN)COc1cccc2[nH]cnc12. The lowest BCUT2D eigenvalue weighted by Gasteiger charge is -2.30. The quantitative estimate of drug-likeness (QED) is 0.731. The third kappa shape index (κ3) is 4.09. The molecule has 0 saturated heterocycles. The maximum atomic E-state index is 6.09. The van der Waals surface area contributed by atoms with E-state index in [2.05, 4.69) is 37.7 Å². The maximum Gasteiger partial charge on any atom is 0.168 e. The summed E-state index contributed by atoms with van der Waals surface area (Å²) >= 11 is 0. The van der Waals surface area contributed by atoms with Crippen molar-refractivity contribution < 1.29 is 9.16 Å². The number of nitrogens with one attached hydrogen (secondary N) is 1. The Morgan fingerprint density at radius 3 is 2.82 bits per heavy atom. The Kier molecular flexibility index (Phi) is 5.61. The standard InChI is InChI=1S/C16H27N3O2Si/c1-11(2)16(3,4)22-21-12(8-17)9-20-14-7-5-6-13-15(14)19-10-18-13/h5-7,10-12H,8-9,17,22H2,1-4H3,(H,18,19)/t12-/m0/s1. The van der Waals surface area contributed by atoms with Crippen LogP contribution in [0.3, 0.4) is 0 Å². The lowest BCUT2D eigenvalue weighted by molar-refractivity contribution is 0.133. The van der Waals surface area contributed by atoms with Crippen molar-refractivity contribution in [2.75, 3.05) is 13.2 Å². The first-order valence-corrected chi connectivity index (χ1v) is 9.09. The van der Waals surface area contributed by atoms with Crippen LogP contribution in [0.15, 0.2) is 24.5 Å². The summed E-state index contributed by atoms with van der Waals surface area (Å²) in [6, 6.07) is 5.85. The molecule has 0 aliphatic carbocycles. The Labute approximate surface area is 134 Å². The lowest BCUT2D eigenvalue weighted by atomic mass is 9.99. The molecule has 0 spiro atoms. The summed E-state index contributed by atoms with van der Waals surface area (Å²) in [7, 11) is -0.679. The molecule has 0 saturated carbocycles. The van der Waals surface area contributed by atoms with E-state index < -0.39 is 9.76 Å². The van der Waals surface area contributed by atoms with E-state index in [9.17, 15) is 0 Å². The Hall–Kier alpha value is -1.37. The number of benzene rings is 1. The van der Waals surface area contributed by atoms with Crippen LogP contribution in [0, 0.1) is 5.92 Å². The number of para-hydroxylation sites is 1. The summed E-state index contributed by atoms with van der Waals surface area (Å²) < 4.78 is 12.0. The average molecular weight is 321 g/mol. The van der Waals surface area contributed by atoms with Crippen LogP contribution < -0.4 is 10.5 Å². The molecule has 0 radical (unpaired) electrons. The van der Waals surface area contributed by atoms with E-state index in [0.29, 0.717) is 19.1 Å². The van der Waals surface area contributed by atoms with E-state index in [0.717, 1.165) is 16.8 Å².